The zero-order valence-electron chi connectivity index (χ0n) is 7.48. The van der Waals surface area contributed by atoms with Gasteiger partial charge in [-0.2, -0.15) is 0 Å². The van der Waals surface area contributed by atoms with Crippen LogP contribution < -0.4 is 0 Å². The number of hydrogen-bond donors (Lipinski definition) is 0. The number of allylic oxidation sites excluding steroid dienone is 3. The molecule has 1 heteroatoms. The quantitative estimate of drug-likeness (QED) is 0.589. The number of rotatable bonds is 2. The summed E-state index contributed by atoms with van der Waals surface area (Å²) in [4.78, 5) is 0. The molecule has 1 aliphatic carbocycles. The third-order valence-corrected chi connectivity index (χ3v) is 1.83. The fraction of sp³-hybridized carbons (Fsp3) is 0.500. The van der Waals surface area contributed by atoms with Crippen LogP contribution in [0.3, 0.4) is 0 Å². The normalized spacial score (nSPS) is 18.3. The second-order valence-corrected chi connectivity index (χ2v) is 2.83. The first-order chi connectivity index (χ1) is 5.25. The lowest BCUT2D eigenvalue weighted by Crippen LogP contribution is -2.01. The highest BCUT2D eigenvalue weighted by molar-refractivity contribution is 5.35. The molecule has 0 amide bonds. The van der Waals surface area contributed by atoms with E-state index in [9.17, 15) is 0 Å². The van der Waals surface area contributed by atoms with E-state index >= 15 is 0 Å². The van der Waals surface area contributed by atoms with E-state index in [2.05, 4.69) is 26.3 Å². The van der Waals surface area contributed by atoms with Crippen molar-refractivity contribution in [2.75, 3.05) is 6.61 Å². The Bertz CT molecular complexity index is 199. The standard InChI is InChI=1S/C10H15O/c1-4-11-10-8(2)6-5-7-9(10)3/h5-6H,4,7H2,1-3H3. The maximum absolute atomic E-state index is 5.50. The topological polar surface area (TPSA) is 9.23 Å². The van der Waals surface area contributed by atoms with Gasteiger partial charge in [-0.25, -0.2) is 0 Å². The Labute approximate surface area is 68.8 Å². The molecule has 0 fully saturated rings. The molecule has 1 radical (unpaired) electrons. The van der Waals surface area contributed by atoms with E-state index in [1.54, 1.807) is 0 Å². The summed E-state index contributed by atoms with van der Waals surface area (Å²) in [6.07, 6.45) is 5.33. The molecule has 0 saturated carbocycles. The van der Waals surface area contributed by atoms with Crippen LogP contribution in [0.4, 0.5) is 0 Å². The van der Waals surface area contributed by atoms with Gasteiger partial charge < -0.3 is 4.74 Å². The molecule has 0 heterocycles. The van der Waals surface area contributed by atoms with Crippen LogP contribution >= 0.6 is 0 Å². The Balaban J connectivity index is 2.76. The van der Waals surface area contributed by atoms with E-state index in [1.807, 2.05) is 6.92 Å². The minimum Gasteiger partial charge on any atom is -0.494 e. The Morgan fingerprint density at radius 1 is 1.45 bits per heavy atom. The maximum atomic E-state index is 5.50. The third-order valence-electron chi connectivity index (χ3n) is 1.83. The minimum absolute atomic E-state index is 0.762. The highest BCUT2D eigenvalue weighted by Crippen LogP contribution is 2.24. The zero-order chi connectivity index (χ0) is 8.27. The fourth-order valence-electron chi connectivity index (χ4n) is 1.30. The SMILES string of the molecule is CCOC1=C(C)C[CH]C=C1C. The molecule has 61 valence electrons. The summed E-state index contributed by atoms with van der Waals surface area (Å²) in [7, 11) is 0. The van der Waals surface area contributed by atoms with Gasteiger partial charge in [0.1, 0.15) is 5.76 Å². The molecule has 1 nitrogen and oxygen atoms in total. The summed E-state index contributed by atoms with van der Waals surface area (Å²) in [6.45, 7) is 6.99. The van der Waals surface area contributed by atoms with E-state index in [-0.39, 0.29) is 0 Å². The second-order valence-electron chi connectivity index (χ2n) is 2.83. The van der Waals surface area contributed by atoms with Gasteiger partial charge in [-0.3, -0.25) is 0 Å². The molecule has 0 saturated heterocycles. The Morgan fingerprint density at radius 3 is 2.73 bits per heavy atom. The van der Waals surface area contributed by atoms with Gasteiger partial charge in [0, 0.05) is 0 Å². The van der Waals surface area contributed by atoms with Gasteiger partial charge in [-0.15, -0.1) is 0 Å². The van der Waals surface area contributed by atoms with Gasteiger partial charge in [-0.1, -0.05) is 6.08 Å². The number of ether oxygens (including phenoxy) is 1. The number of hydrogen-bond acceptors (Lipinski definition) is 1. The van der Waals surface area contributed by atoms with Crippen molar-refractivity contribution in [1.82, 2.24) is 0 Å². The molecule has 0 aliphatic heterocycles. The molecule has 0 aromatic carbocycles. The predicted molar refractivity (Wildman–Crippen MR) is 47.0 cm³/mol. The fourth-order valence-corrected chi connectivity index (χ4v) is 1.30. The van der Waals surface area contributed by atoms with Crippen LogP contribution in [0.25, 0.3) is 0 Å². The van der Waals surface area contributed by atoms with E-state index in [4.69, 9.17) is 4.74 Å². The average Bonchev–Trinajstić information content (AvgIpc) is 1.97. The molecule has 1 aliphatic rings. The van der Waals surface area contributed by atoms with Crippen LogP contribution in [0, 0.1) is 6.42 Å². The van der Waals surface area contributed by atoms with Gasteiger partial charge >= 0.3 is 0 Å². The predicted octanol–water partition coefficient (Wildman–Crippen LogP) is 2.85. The smallest absolute Gasteiger partial charge is 0.120 e. The van der Waals surface area contributed by atoms with Crippen LogP contribution in [-0.2, 0) is 4.74 Å². The zero-order valence-corrected chi connectivity index (χ0v) is 7.48. The van der Waals surface area contributed by atoms with Crippen LogP contribution in [-0.4, -0.2) is 6.61 Å². The van der Waals surface area contributed by atoms with Crippen molar-refractivity contribution in [3.05, 3.63) is 29.4 Å². The summed E-state index contributed by atoms with van der Waals surface area (Å²) >= 11 is 0. The van der Waals surface area contributed by atoms with Crippen LogP contribution in [0.5, 0.6) is 0 Å². The molecule has 0 aromatic heterocycles. The molecule has 11 heavy (non-hydrogen) atoms. The first kappa shape index (κ1) is 8.38. The summed E-state index contributed by atoms with van der Waals surface area (Å²) in [5, 5.41) is 0. The van der Waals surface area contributed by atoms with Crippen molar-refractivity contribution in [3.8, 4) is 0 Å². The monoisotopic (exact) mass is 151 g/mol. The third kappa shape index (κ3) is 1.86. The van der Waals surface area contributed by atoms with E-state index in [0.717, 1.165) is 18.8 Å². The first-order valence-electron chi connectivity index (χ1n) is 4.08. The molecule has 0 spiro atoms. The Hall–Kier alpha value is -0.720. The van der Waals surface area contributed by atoms with E-state index in [1.165, 1.54) is 11.1 Å². The van der Waals surface area contributed by atoms with Crippen LogP contribution in [0.1, 0.15) is 27.2 Å². The van der Waals surface area contributed by atoms with Gasteiger partial charge in [0.15, 0.2) is 0 Å². The van der Waals surface area contributed by atoms with Gasteiger partial charge in [-0.05, 0) is 44.8 Å². The lowest BCUT2D eigenvalue weighted by molar-refractivity contribution is 0.232. The second kappa shape index (κ2) is 3.61. The molecular formula is C10H15O. The van der Waals surface area contributed by atoms with Crippen molar-refractivity contribution < 1.29 is 4.74 Å². The summed E-state index contributed by atoms with van der Waals surface area (Å²) in [5.41, 5.74) is 2.59. The molecule has 1 rings (SSSR count). The minimum atomic E-state index is 0.762. The van der Waals surface area contributed by atoms with Crippen molar-refractivity contribution in [3.63, 3.8) is 0 Å². The highest BCUT2D eigenvalue weighted by atomic mass is 16.5. The lowest BCUT2D eigenvalue weighted by atomic mass is 10.00. The summed E-state index contributed by atoms with van der Waals surface area (Å²) < 4.78 is 5.50. The van der Waals surface area contributed by atoms with Crippen molar-refractivity contribution >= 4 is 0 Å². The van der Waals surface area contributed by atoms with Crippen LogP contribution in [0.2, 0.25) is 0 Å². The van der Waals surface area contributed by atoms with Crippen molar-refractivity contribution in [2.24, 2.45) is 0 Å². The van der Waals surface area contributed by atoms with Gasteiger partial charge in [0.2, 0.25) is 0 Å². The first-order valence-corrected chi connectivity index (χ1v) is 4.08. The Kier molecular flexibility index (Phi) is 2.75. The van der Waals surface area contributed by atoms with E-state index in [0.29, 0.717) is 0 Å². The van der Waals surface area contributed by atoms with E-state index < -0.39 is 0 Å². The molecule has 0 atom stereocenters. The van der Waals surface area contributed by atoms with Crippen LogP contribution in [0.15, 0.2) is 23.0 Å². The largest absolute Gasteiger partial charge is 0.494 e. The molecule has 0 unspecified atom stereocenters. The average molecular weight is 151 g/mol. The Morgan fingerprint density at radius 2 is 2.18 bits per heavy atom. The highest BCUT2D eigenvalue weighted by Gasteiger charge is 2.09. The van der Waals surface area contributed by atoms with Gasteiger partial charge in [0.05, 0.1) is 6.61 Å². The molecule has 0 bridgehead atoms. The summed E-state index contributed by atoms with van der Waals surface area (Å²) in [5.74, 6) is 1.09. The molecular weight excluding hydrogens is 136 g/mol. The molecule has 0 N–H and O–H groups in total. The summed E-state index contributed by atoms with van der Waals surface area (Å²) in [6, 6.07) is 0. The maximum Gasteiger partial charge on any atom is 0.120 e. The lowest BCUT2D eigenvalue weighted by Gasteiger charge is -2.16. The molecule has 0 aromatic rings. The van der Waals surface area contributed by atoms with Crippen molar-refractivity contribution in [1.29, 1.82) is 0 Å². The van der Waals surface area contributed by atoms with Crippen molar-refractivity contribution in [2.45, 2.75) is 27.2 Å². The van der Waals surface area contributed by atoms with Gasteiger partial charge in [0.25, 0.3) is 0 Å².